The van der Waals surface area contributed by atoms with Gasteiger partial charge in [0.05, 0.1) is 23.7 Å². The minimum Gasteiger partial charge on any atom is -0.368 e. The standard InChI is InChI=1S/C12H8F6N4/c1-5-4-22(11(19)21-5)20-3-6-7(12(16,17)18)2-8(13)10(15)9(6)14/h2-4H,1H3,(H2,19,21). The number of hydrogen-bond donors (Lipinski definition) is 1. The lowest BCUT2D eigenvalue weighted by molar-refractivity contribution is -0.138. The Kier molecular flexibility index (Phi) is 3.86. The lowest BCUT2D eigenvalue weighted by Gasteiger charge is -2.11. The van der Waals surface area contributed by atoms with Crippen molar-refractivity contribution in [2.75, 3.05) is 5.73 Å². The summed E-state index contributed by atoms with van der Waals surface area (Å²) in [6.07, 6.45) is -3.43. The van der Waals surface area contributed by atoms with Gasteiger partial charge in [-0.2, -0.15) is 18.3 Å². The SMILES string of the molecule is Cc1cn(N=Cc2c(C(F)(F)F)cc(F)c(F)c2F)c(N)n1. The number of halogens is 6. The Hall–Kier alpha value is -2.52. The van der Waals surface area contributed by atoms with E-state index in [0.717, 1.165) is 4.68 Å². The highest BCUT2D eigenvalue weighted by molar-refractivity contribution is 5.82. The third kappa shape index (κ3) is 2.90. The van der Waals surface area contributed by atoms with Crippen LogP contribution in [0.15, 0.2) is 17.4 Å². The summed E-state index contributed by atoms with van der Waals surface area (Å²) in [6, 6.07) is -0.137. The number of aromatic nitrogens is 2. The molecule has 1 aromatic heterocycles. The zero-order chi connectivity index (χ0) is 16.7. The molecule has 0 unspecified atom stereocenters. The van der Waals surface area contributed by atoms with Gasteiger partial charge < -0.3 is 5.73 Å². The molecule has 22 heavy (non-hydrogen) atoms. The molecule has 0 saturated heterocycles. The van der Waals surface area contributed by atoms with Crippen molar-refractivity contribution in [3.8, 4) is 0 Å². The van der Waals surface area contributed by atoms with Gasteiger partial charge in [0.15, 0.2) is 17.5 Å². The molecule has 0 saturated carbocycles. The maximum Gasteiger partial charge on any atom is 0.417 e. The minimum absolute atomic E-state index is 0.137. The van der Waals surface area contributed by atoms with Crippen LogP contribution in [0.25, 0.3) is 0 Å². The number of benzene rings is 1. The van der Waals surface area contributed by atoms with Gasteiger partial charge in [-0.1, -0.05) is 0 Å². The van der Waals surface area contributed by atoms with Gasteiger partial charge in [-0.25, -0.2) is 22.8 Å². The second-order valence-electron chi connectivity index (χ2n) is 4.27. The van der Waals surface area contributed by atoms with Crippen molar-refractivity contribution >= 4 is 12.2 Å². The van der Waals surface area contributed by atoms with Crippen molar-refractivity contribution in [3.63, 3.8) is 0 Å². The number of nitrogen functional groups attached to an aromatic ring is 1. The van der Waals surface area contributed by atoms with Crippen LogP contribution in [-0.4, -0.2) is 15.9 Å². The van der Waals surface area contributed by atoms with E-state index in [1.165, 1.54) is 6.20 Å². The van der Waals surface area contributed by atoms with Crippen LogP contribution in [0.3, 0.4) is 0 Å². The van der Waals surface area contributed by atoms with Crippen LogP contribution in [0, 0.1) is 24.4 Å². The summed E-state index contributed by atoms with van der Waals surface area (Å²) < 4.78 is 79.0. The zero-order valence-electron chi connectivity index (χ0n) is 10.9. The number of nitrogens with zero attached hydrogens (tertiary/aromatic N) is 3. The molecule has 1 heterocycles. The summed E-state index contributed by atoms with van der Waals surface area (Å²) in [5, 5.41) is 3.48. The van der Waals surface area contributed by atoms with Crippen molar-refractivity contribution in [2.24, 2.45) is 5.10 Å². The van der Waals surface area contributed by atoms with Crippen molar-refractivity contribution in [1.82, 2.24) is 9.66 Å². The minimum atomic E-state index is -5.09. The molecule has 2 N–H and O–H groups in total. The predicted molar refractivity (Wildman–Crippen MR) is 65.7 cm³/mol. The molecular weight excluding hydrogens is 314 g/mol. The number of imidazole rings is 1. The van der Waals surface area contributed by atoms with Crippen LogP contribution in [0.4, 0.5) is 32.3 Å². The van der Waals surface area contributed by atoms with Crippen LogP contribution >= 0.6 is 0 Å². The first-order valence-electron chi connectivity index (χ1n) is 5.71. The molecule has 0 spiro atoms. The van der Waals surface area contributed by atoms with Crippen molar-refractivity contribution in [1.29, 1.82) is 0 Å². The van der Waals surface area contributed by atoms with E-state index in [2.05, 4.69) is 10.1 Å². The van der Waals surface area contributed by atoms with E-state index in [9.17, 15) is 26.3 Å². The molecular formula is C12H8F6N4. The Morgan fingerprint density at radius 1 is 1.23 bits per heavy atom. The Balaban J connectivity index is 2.59. The van der Waals surface area contributed by atoms with Crippen LogP contribution in [0.5, 0.6) is 0 Å². The second-order valence-corrected chi connectivity index (χ2v) is 4.27. The fourth-order valence-corrected chi connectivity index (χ4v) is 1.69. The average molecular weight is 322 g/mol. The van der Waals surface area contributed by atoms with Gasteiger partial charge in [-0.15, -0.1) is 0 Å². The molecule has 0 amide bonds. The summed E-state index contributed by atoms with van der Waals surface area (Å²) in [5.41, 5.74) is 2.89. The van der Waals surface area contributed by atoms with Gasteiger partial charge in [0.1, 0.15) is 0 Å². The summed E-state index contributed by atoms with van der Waals surface area (Å²) in [4.78, 5) is 3.73. The van der Waals surface area contributed by atoms with E-state index in [1.807, 2.05) is 0 Å². The van der Waals surface area contributed by atoms with E-state index in [4.69, 9.17) is 5.73 Å². The molecule has 0 aliphatic rings. The molecule has 0 radical (unpaired) electrons. The summed E-state index contributed by atoms with van der Waals surface area (Å²) >= 11 is 0. The zero-order valence-corrected chi connectivity index (χ0v) is 10.9. The number of anilines is 1. The molecule has 0 aliphatic carbocycles. The van der Waals surface area contributed by atoms with Gasteiger partial charge in [-0.3, -0.25) is 0 Å². The third-order valence-electron chi connectivity index (χ3n) is 2.65. The second kappa shape index (κ2) is 5.35. The van der Waals surface area contributed by atoms with Crippen LogP contribution in [0.1, 0.15) is 16.8 Å². The smallest absolute Gasteiger partial charge is 0.368 e. The monoisotopic (exact) mass is 322 g/mol. The molecule has 118 valence electrons. The van der Waals surface area contributed by atoms with Crippen molar-refractivity contribution in [2.45, 2.75) is 13.1 Å². The Bertz CT molecular complexity index is 747. The van der Waals surface area contributed by atoms with Gasteiger partial charge in [-0.05, 0) is 13.0 Å². The quantitative estimate of drug-likeness (QED) is 0.525. The number of alkyl halides is 3. The van der Waals surface area contributed by atoms with E-state index in [-0.39, 0.29) is 12.0 Å². The lowest BCUT2D eigenvalue weighted by atomic mass is 10.1. The van der Waals surface area contributed by atoms with Crippen LogP contribution in [-0.2, 0) is 6.18 Å². The van der Waals surface area contributed by atoms with Crippen molar-refractivity contribution < 1.29 is 26.3 Å². The number of aryl methyl sites for hydroxylation is 1. The molecule has 2 rings (SSSR count). The maximum absolute atomic E-state index is 13.6. The molecule has 0 atom stereocenters. The fourth-order valence-electron chi connectivity index (χ4n) is 1.69. The summed E-state index contributed by atoms with van der Waals surface area (Å²) in [6.45, 7) is 1.54. The molecule has 0 aliphatic heterocycles. The number of nitrogens with two attached hydrogens (primary N) is 1. The maximum atomic E-state index is 13.6. The number of rotatable bonds is 2. The molecule has 1 aromatic carbocycles. The van der Waals surface area contributed by atoms with Gasteiger partial charge in [0.2, 0.25) is 5.95 Å². The first kappa shape index (κ1) is 15.9. The Labute approximate surface area is 119 Å². The van der Waals surface area contributed by atoms with Gasteiger partial charge in [0, 0.05) is 5.56 Å². The molecule has 10 heteroatoms. The van der Waals surface area contributed by atoms with E-state index >= 15 is 0 Å². The molecule has 0 bridgehead atoms. The Morgan fingerprint density at radius 2 is 1.86 bits per heavy atom. The number of hydrogen-bond acceptors (Lipinski definition) is 3. The van der Waals surface area contributed by atoms with Crippen LogP contribution < -0.4 is 5.73 Å². The van der Waals surface area contributed by atoms with Crippen LogP contribution in [0.2, 0.25) is 0 Å². The normalized spacial score (nSPS) is 12.3. The fraction of sp³-hybridized carbons (Fsp3) is 0.167. The van der Waals surface area contributed by atoms with Gasteiger partial charge >= 0.3 is 6.18 Å². The highest BCUT2D eigenvalue weighted by atomic mass is 19.4. The topological polar surface area (TPSA) is 56.2 Å². The van der Waals surface area contributed by atoms with E-state index < -0.39 is 34.8 Å². The lowest BCUT2D eigenvalue weighted by Crippen LogP contribution is -2.14. The molecule has 2 aromatic rings. The summed E-state index contributed by atoms with van der Waals surface area (Å²) in [5.74, 6) is -6.12. The predicted octanol–water partition coefficient (Wildman–Crippen LogP) is 3.09. The van der Waals surface area contributed by atoms with Crippen molar-refractivity contribution in [3.05, 3.63) is 46.5 Å². The molecule has 0 fully saturated rings. The average Bonchev–Trinajstić information content (AvgIpc) is 2.72. The Morgan fingerprint density at radius 3 is 2.36 bits per heavy atom. The van der Waals surface area contributed by atoms with E-state index in [1.54, 1.807) is 6.92 Å². The third-order valence-corrected chi connectivity index (χ3v) is 2.65. The van der Waals surface area contributed by atoms with Gasteiger partial charge in [0.25, 0.3) is 0 Å². The summed E-state index contributed by atoms with van der Waals surface area (Å²) in [7, 11) is 0. The first-order chi connectivity index (χ1) is 10.1. The highest BCUT2D eigenvalue weighted by Crippen LogP contribution is 2.34. The first-order valence-corrected chi connectivity index (χ1v) is 5.71. The largest absolute Gasteiger partial charge is 0.417 e. The highest BCUT2D eigenvalue weighted by Gasteiger charge is 2.36. The molecule has 4 nitrogen and oxygen atoms in total. The van der Waals surface area contributed by atoms with E-state index in [0.29, 0.717) is 11.9 Å².